The monoisotopic (exact) mass is 322 g/mol. The molecule has 0 fully saturated rings. The zero-order valence-electron chi connectivity index (χ0n) is 11.8. The van der Waals surface area contributed by atoms with Crippen LogP contribution < -0.4 is 4.74 Å². The van der Waals surface area contributed by atoms with Crippen molar-refractivity contribution in [3.8, 4) is 5.75 Å². The summed E-state index contributed by atoms with van der Waals surface area (Å²) in [6.07, 6.45) is 1.84. The molecule has 0 saturated carbocycles. The number of aryl methyl sites for hydroxylation is 2. The van der Waals surface area contributed by atoms with Gasteiger partial charge in [-0.25, -0.2) is 4.98 Å². The second kappa shape index (κ2) is 5.78. The highest BCUT2D eigenvalue weighted by atomic mass is 79.9. The number of hydrogen-bond donors (Lipinski definition) is 0. The van der Waals surface area contributed by atoms with Crippen LogP contribution in [0, 0.1) is 6.92 Å². The third-order valence-corrected chi connectivity index (χ3v) is 4.13. The molecular formula is C15H19BrN2O. The summed E-state index contributed by atoms with van der Waals surface area (Å²) in [5.74, 6) is 1.94. The van der Waals surface area contributed by atoms with Crippen molar-refractivity contribution in [2.45, 2.75) is 26.7 Å². The van der Waals surface area contributed by atoms with Crippen molar-refractivity contribution < 1.29 is 4.74 Å². The van der Waals surface area contributed by atoms with E-state index >= 15 is 0 Å². The summed E-state index contributed by atoms with van der Waals surface area (Å²) >= 11 is 3.53. The maximum absolute atomic E-state index is 5.46. The molecule has 1 heterocycles. The molecule has 0 N–H and O–H groups in total. The van der Waals surface area contributed by atoms with E-state index in [1.54, 1.807) is 7.11 Å². The van der Waals surface area contributed by atoms with Crippen LogP contribution in [0.2, 0.25) is 0 Å². The van der Waals surface area contributed by atoms with Gasteiger partial charge in [-0.3, -0.25) is 0 Å². The SMILES string of the molecule is CCc1ccc(OC)c(Cc2c(Br)nc(C)n2C)c1. The zero-order chi connectivity index (χ0) is 14.0. The number of nitrogens with zero attached hydrogens (tertiary/aromatic N) is 2. The van der Waals surface area contributed by atoms with Crippen molar-refractivity contribution in [2.75, 3.05) is 7.11 Å². The minimum atomic E-state index is 0.814. The van der Waals surface area contributed by atoms with Crippen molar-refractivity contribution in [3.63, 3.8) is 0 Å². The van der Waals surface area contributed by atoms with Crippen LogP contribution in [-0.4, -0.2) is 16.7 Å². The fourth-order valence-corrected chi connectivity index (χ4v) is 2.84. The van der Waals surface area contributed by atoms with Crippen molar-refractivity contribution >= 4 is 15.9 Å². The molecule has 0 atom stereocenters. The number of rotatable bonds is 4. The second-order valence-corrected chi connectivity index (χ2v) is 5.38. The first kappa shape index (κ1) is 14.1. The molecule has 0 radical (unpaired) electrons. The summed E-state index contributed by atoms with van der Waals surface area (Å²) in [7, 11) is 3.76. The van der Waals surface area contributed by atoms with E-state index in [0.29, 0.717) is 0 Å². The smallest absolute Gasteiger partial charge is 0.127 e. The first-order valence-corrected chi connectivity index (χ1v) is 7.19. The van der Waals surface area contributed by atoms with Gasteiger partial charge in [0, 0.05) is 19.0 Å². The standard InChI is InChI=1S/C15H19BrN2O/c1-5-11-6-7-14(19-4)12(8-11)9-13-15(16)17-10(2)18(13)3/h6-8H,5,9H2,1-4H3. The lowest BCUT2D eigenvalue weighted by atomic mass is 10.0. The molecule has 2 rings (SSSR count). The van der Waals surface area contributed by atoms with Gasteiger partial charge in [0.05, 0.1) is 12.8 Å². The van der Waals surface area contributed by atoms with E-state index in [1.165, 1.54) is 16.8 Å². The van der Waals surface area contributed by atoms with E-state index in [2.05, 4.69) is 44.5 Å². The average Bonchev–Trinajstić information content (AvgIpc) is 2.65. The lowest BCUT2D eigenvalue weighted by Crippen LogP contribution is -2.02. The Balaban J connectivity index is 2.41. The fraction of sp³-hybridized carbons (Fsp3) is 0.400. The Morgan fingerprint density at radius 2 is 2.11 bits per heavy atom. The third-order valence-electron chi connectivity index (χ3n) is 3.50. The van der Waals surface area contributed by atoms with Crippen LogP contribution in [0.25, 0.3) is 0 Å². The Labute approximate surface area is 122 Å². The van der Waals surface area contributed by atoms with E-state index in [1.807, 2.05) is 20.0 Å². The number of hydrogen-bond acceptors (Lipinski definition) is 2. The predicted octanol–water partition coefficient (Wildman–Crippen LogP) is 3.65. The molecule has 3 nitrogen and oxygen atoms in total. The van der Waals surface area contributed by atoms with Gasteiger partial charge in [0.25, 0.3) is 0 Å². The van der Waals surface area contributed by atoms with E-state index in [4.69, 9.17) is 4.74 Å². The normalized spacial score (nSPS) is 10.8. The molecule has 0 aliphatic heterocycles. The summed E-state index contributed by atoms with van der Waals surface area (Å²) in [6.45, 7) is 4.17. The fourth-order valence-electron chi connectivity index (χ4n) is 2.18. The first-order chi connectivity index (χ1) is 9.06. The average molecular weight is 323 g/mol. The summed E-state index contributed by atoms with van der Waals surface area (Å²) in [4.78, 5) is 4.44. The van der Waals surface area contributed by atoms with Crippen molar-refractivity contribution in [2.24, 2.45) is 7.05 Å². The Morgan fingerprint density at radius 1 is 1.37 bits per heavy atom. The number of benzene rings is 1. The quantitative estimate of drug-likeness (QED) is 0.859. The van der Waals surface area contributed by atoms with Crippen molar-refractivity contribution in [3.05, 3.63) is 45.4 Å². The van der Waals surface area contributed by atoms with Gasteiger partial charge in [0.15, 0.2) is 0 Å². The molecule has 2 aromatic rings. The molecule has 0 aliphatic carbocycles. The van der Waals surface area contributed by atoms with Crippen LogP contribution in [0.5, 0.6) is 5.75 Å². The molecule has 0 bridgehead atoms. The zero-order valence-corrected chi connectivity index (χ0v) is 13.4. The predicted molar refractivity (Wildman–Crippen MR) is 80.8 cm³/mol. The Hall–Kier alpha value is -1.29. The van der Waals surface area contributed by atoms with Crippen LogP contribution in [-0.2, 0) is 19.9 Å². The summed E-state index contributed by atoms with van der Waals surface area (Å²) in [5, 5.41) is 0. The van der Waals surface area contributed by atoms with Gasteiger partial charge in [0.1, 0.15) is 16.2 Å². The van der Waals surface area contributed by atoms with Crippen molar-refractivity contribution in [1.82, 2.24) is 9.55 Å². The van der Waals surface area contributed by atoms with Gasteiger partial charge in [0.2, 0.25) is 0 Å². The molecule has 0 spiro atoms. The van der Waals surface area contributed by atoms with Crippen LogP contribution in [0.15, 0.2) is 22.8 Å². The van der Waals surface area contributed by atoms with Crippen molar-refractivity contribution in [1.29, 1.82) is 0 Å². The lowest BCUT2D eigenvalue weighted by molar-refractivity contribution is 0.410. The van der Waals surface area contributed by atoms with E-state index in [0.717, 1.165) is 29.0 Å². The van der Waals surface area contributed by atoms with Gasteiger partial charge >= 0.3 is 0 Å². The van der Waals surface area contributed by atoms with Gasteiger partial charge < -0.3 is 9.30 Å². The van der Waals surface area contributed by atoms with Gasteiger partial charge in [-0.05, 0) is 40.9 Å². The summed E-state index contributed by atoms with van der Waals surface area (Å²) < 4.78 is 8.49. The molecule has 1 aromatic carbocycles. The Kier molecular flexibility index (Phi) is 4.30. The minimum Gasteiger partial charge on any atom is -0.496 e. The largest absolute Gasteiger partial charge is 0.496 e. The van der Waals surface area contributed by atoms with E-state index in [-0.39, 0.29) is 0 Å². The van der Waals surface area contributed by atoms with Gasteiger partial charge in [-0.1, -0.05) is 19.1 Å². The molecule has 19 heavy (non-hydrogen) atoms. The Morgan fingerprint density at radius 3 is 2.63 bits per heavy atom. The number of halogens is 1. The van der Waals surface area contributed by atoms with Crippen LogP contribution in [0.4, 0.5) is 0 Å². The molecule has 0 aliphatic rings. The number of methoxy groups -OCH3 is 1. The van der Waals surface area contributed by atoms with Gasteiger partial charge in [-0.15, -0.1) is 0 Å². The lowest BCUT2D eigenvalue weighted by Gasteiger charge is -2.11. The van der Waals surface area contributed by atoms with Crippen LogP contribution >= 0.6 is 15.9 Å². The topological polar surface area (TPSA) is 27.1 Å². The molecule has 0 unspecified atom stereocenters. The van der Waals surface area contributed by atoms with Crippen LogP contribution in [0.1, 0.15) is 29.6 Å². The molecule has 4 heteroatoms. The van der Waals surface area contributed by atoms with Crippen LogP contribution in [0.3, 0.4) is 0 Å². The second-order valence-electron chi connectivity index (χ2n) is 4.63. The number of aromatic nitrogens is 2. The maximum Gasteiger partial charge on any atom is 0.127 e. The molecule has 102 valence electrons. The highest BCUT2D eigenvalue weighted by Crippen LogP contribution is 2.26. The molecular weight excluding hydrogens is 304 g/mol. The minimum absolute atomic E-state index is 0.814. The van der Waals surface area contributed by atoms with E-state index in [9.17, 15) is 0 Å². The Bertz CT molecular complexity index is 590. The summed E-state index contributed by atoms with van der Waals surface area (Å²) in [6, 6.07) is 6.38. The highest BCUT2D eigenvalue weighted by molar-refractivity contribution is 9.10. The highest BCUT2D eigenvalue weighted by Gasteiger charge is 2.13. The van der Waals surface area contributed by atoms with Gasteiger partial charge in [-0.2, -0.15) is 0 Å². The first-order valence-electron chi connectivity index (χ1n) is 6.40. The van der Waals surface area contributed by atoms with E-state index < -0.39 is 0 Å². The number of imidazole rings is 1. The summed E-state index contributed by atoms with van der Waals surface area (Å²) in [5.41, 5.74) is 3.69. The molecule has 0 saturated heterocycles. The maximum atomic E-state index is 5.46. The molecule has 0 amide bonds. The molecule has 1 aromatic heterocycles. The third kappa shape index (κ3) is 2.84. The number of ether oxygens (including phenoxy) is 1.